The minimum absolute atomic E-state index is 0.288. The number of hydrogen-bond donors (Lipinski definition) is 0. The molecule has 94 heavy (non-hydrogen) atoms. The van der Waals surface area contributed by atoms with E-state index < -0.39 is 0 Å². The zero-order valence-corrected chi connectivity index (χ0v) is 52.8. The Hall–Kier alpha value is -11.7. The number of benzene rings is 14. The van der Waals surface area contributed by atoms with Crippen LogP contribution in [0, 0.1) is 0 Å². The maximum absolute atomic E-state index is 2.50. The molecule has 0 radical (unpaired) electrons. The highest BCUT2D eigenvalue weighted by Gasteiger charge is 2.39. The zero-order valence-electron chi connectivity index (χ0n) is 52.8. The van der Waals surface area contributed by atoms with Gasteiger partial charge in [-0.05, 0) is 211 Å². The SMILES string of the molecule is CC1(C)c2cc(-c3ccc4c(c3)c3ccccc3n4-c3ccccc3)ccc2-c2ccc(N(c3ccc(-c4ccc5c(c4)c4ccccc4n5-c4ccccc4)cc3)c3ccc4c(c3)C(C)(C)c3cc(-c5ccc6c7ccccc7n(-c7ccccc7)c6c5)ccc3-4)cc21. The van der Waals surface area contributed by atoms with Crippen molar-refractivity contribution >= 4 is 82.5 Å². The van der Waals surface area contributed by atoms with Gasteiger partial charge in [0, 0.05) is 77.3 Å². The van der Waals surface area contributed by atoms with E-state index in [2.05, 4.69) is 362 Å². The lowest BCUT2D eigenvalue weighted by Gasteiger charge is -2.30. The second-order valence-electron chi connectivity index (χ2n) is 26.9. The molecular weight excluding hydrogens is 1140 g/mol. The Labute approximate surface area is 546 Å². The van der Waals surface area contributed by atoms with Gasteiger partial charge in [0.15, 0.2) is 0 Å². The second-order valence-corrected chi connectivity index (χ2v) is 26.9. The molecule has 19 rings (SSSR count). The van der Waals surface area contributed by atoms with E-state index in [4.69, 9.17) is 0 Å². The lowest BCUT2D eigenvalue weighted by molar-refractivity contribution is 0.660. The molecule has 3 heterocycles. The highest BCUT2D eigenvalue weighted by Crippen LogP contribution is 2.55. The van der Waals surface area contributed by atoms with Gasteiger partial charge in [0.05, 0.1) is 33.1 Å². The van der Waals surface area contributed by atoms with Gasteiger partial charge in [0.1, 0.15) is 0 Å². The molecule has 0 aliphatic heterocycles. The first-order chi connectivity index (χ1) is 46.1. The van der Waals surface area contributed by atoms with Gasteiger partial charge < -0.3 is 18.6 Å². The highest BCUT2D eigenvalue weighted by molar-refractivity contribution is 6.13. The predicted octanol–water partition coefficient (Wildman–Crippen LogP) is 24.1. The molecule has 0 N–H and O–H groups in total. The summed E-state index contributed by atoms with van der Waals surface area (Å²) >= 11 is 0. The standard InChI is InChI=1S/C90H64N4/c1-89(2)79-52-60(59-38-49-87-78(51-59)75-28-16-19-31-85(75)93(87)64-22-10-6-11-23-64)34-43-69(79)71-46-41-67(55-81(71)89)91(66-39-32-57(33-40-66)58-37-48-86-77(50-58)74-27-15-18-30-84(74)92(86)63-20-8-5-9-21-63)68-42-47-72-70-44-35-61(53-80(70)90(3,4)82(72)56-68)62-36-45-76-73-26-14-17-29-83(73)94(88(76)54-62)65-24-12-7-13-25-65/h5-56H,1-4H3. The van der Waals surface area contributed by atoms with Gasteiger partial charge in [-0.1, -0.05) is 210 Å². The maximum atomic E-state index is 2.50. The van der Waals surface area contributed by atoms with Crippen molar-refractivity contribution in [2.75, 3.05) is 4.90 Å². The summed E-state index contributed by atoms with van der Waals surface area (Å²) < 4.78 is 7.20. The first-order valence-corrected chi connectivity index (χ1v) is 32.9. The van der Waals surface area contributed by atoms with Crippen molar-refractivity contribution in [1.82, 2.24) is 13.7 Å². The fourth-order valence-corrected chi connectivity index (χ4v) is 16.4. The summed E-state index contributed by atoms with van der Waals surface area (Å²) in [4.78, 5) is 2.50. The predicted molar refractivity (Wildman–Crippen MR) is 396 cm³/mol. The molecule has 0 unspecified atom stereocenters. The van der Waals surface area contributed by atoms with E-state index in [9.17, 15) is 0 Å². The minimum Gasteiger partial charge on any atom is -0.310 e. The number of rotatable bonds is 9. The molecular formula is C90H64N4. The van der Waals surface area contributed by atoms with Crippen LogP contribution in [0.4, 0.5) is 17.1 Å². The monoisotopic (exact) mass is 1200 g/mol. The third kappa shape index (κ3) is 8.06. The summed E-state index contributed by atoms with van der Waals surface area (Å²) in [5.74, 6) is 0. The quantitative estimate of drug-likeness (QED) is 0.141. The summed E-state index contributed by atoms with van der Waals surface area (Å²) in [6.07, 6.45) is 0. The molecule has 14 aromatic carbocycles. The Kier molecular flexibility index (Phi) is 11.7. The third-order valence-electron chi connectivity index (χ3n) is 21.0. The molecule has 3 aromatic heterocycles. The van der Waals surface area contributed by atoms with Crippen LogP contribution < -0.4 is 4.90 Å². The van der Waals surface area contributed by atoms with Crippen molar-refractivity contribution in [3.05, 3.63) is 338 Å². The van der Waals surface area contributed by atoms with Crippen LogP contribution in [-0.2, 0) is 10.8 Å². The molecule has 444 valence electrons. The second kappa shape index (κ2) is 20.4. The molecule has 0 bridgehead atoms. The van der Waals surface area contributed by atoms with E-state index in [1.165, 1.54) is 149 Å². The average Bonchev–Trinajstić information content (AvgIpc) is 1.64. The first-order valence-electron chi connectivity index (χ1n) is 32.9. The van der Waals surface area contributed by atoms with E-state index in [1.807, 2.05) is 0 Å². The molecule has 17 aromatic rings. The Balaban J connectivity index is 0.711. The summed E-state index contributed by atoms with van der Waals surface area (Å²) in [5.41, 5.74) is 31.3. The molecule has 0 fully saturated rings. The van der Waals surface area contributed by atoms with Crippen molar-refractivity contribution < 1.29 is 0 Å². The number of nitrogens with zero attached hydrogens (tertiary/aromatic N) is 4. The van der Waals surface area contributed by atoms with Crippen molar-refractivity contribution in [2.24, 2.45) is 0 Å². The van der Waals surface area contributed by atoms with Crippen LogP contribution in [-0.4, -0.2) is 13.7 Å². The van der Waals surface area contributed by atoms with Gasteiger partial charge in [-0.25, -0.2) is 0 Å². The molecule has 0 saturated heterocycles. The molecule has 0 amide bonds. The topological polar surface area (TPSA) is 18.0 Å². The first kappa shape index (κ1) is 54.1. The zero-order chi connectivity index (χ0) is 62.6. The van der Waals surface area contributed by atoms with E-state index in [-0.39, 0.29) is 10.8 Å². The molecule has 2 aliphatic rings. The smallest absolute Gasteiger partial charge is 0.0547 e. The Morgan fingerprint density at radius 3 is 0.968 bits per heavy atom. The highest BCUT2D eigenvalue weighted by atomic mass is 15.1. The van der Waals surface area contributed by atoms with Gasteiger partial charge in [0.25, 0.3) is 0 Å². The number of anilines is 3. The van der Waals surface area contributed by atoms with Crippen LogP contribution in [0.5, 0.6) is 0 Å². The Morgan fingerprint density at radius 1 is 0.213 bits per heavy atom. The Bertz CT molecular complexity index is 5960. The molecule has 0 saturated carbocycles. The summed E-state index contributed by atoms with van der Waals surface area (Å²) in [7, 11) is 0. The Morgan fingerprint density at radius 2 is 0.511 bits per heavy atom. The largest absolute Gasteiger partial charge is 0.310 e. The van der Waals surface area contributed by atoms with Crippen LogP contribution in [0.1, 0.15) is 49.9 Å². The van der Waals surface area contributed by atoms with Gasteiger partial charge in [-0.2, -0.15) is 0 Å². The number of fused-ring (bicyclic) bond motifs is 15. The number of hydrogen-bond acceptors (Lipinski definition) is 1. The fourth-order valence-electron chi connectivity index (χ4n) is 16.4. The van der Waals surface area contributed by atoms with Crippen molar-refractivity contribution in [3.8, 4) is 72.7 Å². The van der Waals surface area contributed by atoms with E-state index in [1.54, 1.807) is 0 Å². The normalized spacial score (nSPS) is 13.5. The van der Waals surface area contributed by atoms with Crippen molar-refractivity contribution in [1.29, 1.82) is 0 Å². The van der Waals surface area contributed by atoms with E-state index in [0.29, 0.717) is 0 Å². The van der Waals surface area contributed by atoms with Crippen LogP contribution in [0.2, 0.25) is 0 Å². The number of para-hydroxylation sites is 6. The fraction of sp³-hybridized carbons (Fsp3) is 0.0667. The van der Waals surface area contributed by atoms with Gasteiger partial charge in [-0.15, -0.1) is 0 Å². The average molecular weight is 1200 g/mol. The van der Waals surface area contributed by atoms with E-state index >= 15 is 0 Å². The van der Waals surface area contributed by atoms with Crippen molar-refractivity contribution in [3.63, 3.8) is 0 Å². The molecule has 2 aliphatic carbocycles. The lowest BCUT2D eigenvalue weighted by atomic mass is 9.81. The van der Waals surface area contributed by atoms with Crippen LogP contribution in [0.3, 0.4) is 0 Å². The van der Waals surface area contributed by atoms with Crippen LogP contribution in [0.25, 0.3) is 138 Å². The minimum atomic E-state index is -0.291. The maximum Gasteiger partial charge on any atom is 0.0547 e. The summed E-state index contributed by atoms with van der Waals surface area (Å²) in [5, 5.41) is 7.52. The summed E-state index contributed by atoms with van der Waals surface area (Å²) in [6, 6.07) is 118. The molecule has 4 heteroatoms. The van der Waals surface area contributed by atoms with Crippen LogP contribution >= 0.6 is 0 Å². The lowest BCUT2D eigenvalue weighted by Crippen LogP contribution is -2.18. The molecule has 0 spiro atoms. The summed E-state index contributed by atoms with van der Waals surface area (Å²) in [6.45, 7) is 9.66. The third-order valence-corrected chi connectivity index (χ3v) is 21.0. The number of aromatic nitrogens is 3. The van der Waals surface area contributed by atoms with Crippen LogP contribution in [0.15, 0.2) is 315 Å². The van der Waals surface area contributed by atoms with Gasteiger partial charge >= 0.3 is 0 Å². The van der Waals surface area contributed by atoms with Gasteiger partial charge in [0.2, 0.25) is 0 Å². The van der Waals surface area contributed by atoms with Gasteiger partial charge in [-0.3, -0.25) is 0 Å². The van der Waals surface area contributed by atoms with Crippen molar-refractivity contribution in [2.45, 2.75) is 38.5 Å². The molecule has 4 nitrogen and oxygen atoms in total. The van der Waals surface area contributed by atoms with E-state index in [0.717, 1.165) is 28.4 Å². The molecule has 0 atom stereocenters.